The highest BCUT2D eigenvalue weighted by Crippen LogP contribution is 2.35. The van der Waals surface area contributed by atoms with Crippen LogP contribution >= 0.6 is 11.6 Å². The van der Waals surface area contributed by atoms with Gasteiger partial charge >= 0.3 is 12.0 Å². The van der Waals surface area contributed by atoms with Crippen molar-refractivity contribution in [3.8, 4) is 0 Å². The van der Waals surface area contributed by atoms with Crippen molar-refractivity contribution < 1.29 is 23.8 Å². The number of hydrogen-bond donors (Lipinski definition) is 2. The van der Waals surface area contributed by atoms with Crippen LogP contribution in [0.25, 0.3) is 0 Å². The Morgan fingerprint density at radius 2 is 2.00 bits per heavy atom. The highest BCUT2D eigenvalue weighted by atomic mass is 35.5. The van der Waals surface area contributed by atoms with Gasteiger partial charge in [0.2, 0.25) is 0 Å². The maximum Gasteiger partial charge on any atom is 0.321 e. The minimum atomic E-state index is -0.911. The molecule has 0 spiro atoms. The topological polar surface area (TPSA) is 82.1 Å². The van der Waals surface area contributed by atoms with E-state index in [0.717, 1.165) is 0 Å². The summed E-state index contributed by atoms with van der Waals surface area (Å²) in [7, 11) is 0. The number of nitrogens with one attached hydrogen (secondary N) is 1. The van der Waals surface area contributed by atoms with Gasteiger partial charge < -0.3 is 25.0 Å². The van der Waals surface area contributed by atoms with Crippen molar-refractivity contribution in [3.63, 3.8) is 0 Å². The maximum atomic E-state index is 14.7. The van der Waals surface area contributed by atoms with Crippen LogP contribution in [0.15, 0.2) is 12.1 Å². The van der Waals surface area contributed by atoms with Crippen LogP contribution in [-0.2, 0) is 9.53 Å². The van der Waals surface area contributed by atoms with Gasteiger partial charge in [0.25, 0.3) is 0 Å². The fraction of sp³-hybridized carbons (Fsp3) is 0.556. The molecule has 27 heavy (non-hydrogen) atoms. The molecule has 7 nitrogen and oxygen atoms in total. The minimum absolute atomic E-state index is 0.0213. The average molecular weight is 400 g/mol. The van der Waals surface area contributed by atoms with Crippen LogP contribution in [0.3, 0.4) is 0 Å². The Morgan fingerprint density at radius 1 is 1.30 bits per heavy atom. The molecule has 0 aliphatic carbocycles. The lowest BCUT2D eigenvalue weighted by Gasteiger charge is -2.35. The van der Waals surface area contributed by atoms with Crippen LogP contribution in [-0.4, -0.2) is 61.4 Å². The van der Waals surface area contributed by atoms with Crippen LogP contribution in [0.1, 0.15) is 13.3 Å². The van der Waals surface area contributed by atoms with Gasteiger partial charge in [-0.3, -0.25) is 4.79 Å². The molecule has 2 fully saturated rings. The Labute approximate surface area is 162 Å². The van der Waals surface area contributed by atoms with Crippen molar-refractivity contribution in [2.75, 3.05) is 49.6 Å². The molecule has 9 heteroatoms. The fourth-order valence-corrected chi connectivity index (χ4v) is 3.78. The van der Waals surface area contributed by atoms with E-state index in [1.165, 1.54) is 11.0 Å². The van der Waals surface area contributed by atoms with Crippen molar-refractivity contribution in [1.82, 2.24) is 4.90 Å². The van der Waals surface area contributed by atoms with Gasteiger partial charge in [0, 0.05) is 26.2 Å². The number of amides is 2. The van der Waals surface area contributed by atoms with Crippen LogP contribution in [0, 0.1) is 17.7 Å². The zero-order valence-corrected chi connectivity index (χ0v) is 15.8. The van der Waals surface area contributed by atoms with E-state index in [2.05, 4.69) is 5.32 Å². The van der Waals surface area contributed by atoms with Gasteiger partial charge in [0.15, 0.2) is 5.82 Å². The third-order valence-corrected chi connectivity index (χ3v) is 5.23. The number of likely N-dealkylation sites (tertiary alicyclic amines) is 1. The van der Waals surface area contributed by atoms with Gasteiger partial charge in [-0.15, -0.1) is 0 Å². The van der Waals surface area contributed by atoms with E-state index >= 15 is 0 Å². The molecule has 2 aliphatic heterocycles. The number of ether oxygens (including phenoxy) is 1. The molecule has 1 aromatic rings. The number of carbonyl (C=O) groups is 2. The molecule has 0 aromatic heterocycles. The molecular formula is C18H23ClFN3O4. The van der Waals surface area contributed by atoms with E-state index in [-0.39, 0.29) is 23.2 Å². The molecule has 148 valence electrons. The van der Waals surface area contributed by atoms with Crippen molar-refractivity contribution in [2.45, 2.75) is 13.3 Å². The maximum absolute atomic E-state index is 14.7. The van der Waals surface area contributed by atoms with E-state index in [1.54, 1.807) is 11.0 Å². The summed E-state index contributed by atoms with van der Waals surface area (Å²) in [5.74, 6) is -2.02. The number of piperidine rings is 1. The Morgan fingerprint density at radius 3 is 2.67 bits per heavy atom. The quantitative estimate of drug-likeness (QED) is 0.816. The number of carbonyl (C=O) groups excluding carboxylic acids is 1. The number of aliphatic carboxylic acids is 1. The lowest BCUT2D eigenvalue weighted by Crippen LogP contribution is -2.47. The summed E-state index contributed by atoms with van der Waals surface area (Å²) in [6, 6.07) is 2.52. The average Bonchev–Trinajstić information content (AvgIpc) is 2.65. The van der Waals surface area contributed by atoms with Crippen molar-refractivity contribution in [2.24, 2.45) is 11.8 Å². The molecule has 2 atom stereocenters. The SMILES string of the molecule is CC1CC(C(=O)O)CN(C(=O)Nc2ccc(Cl)c(F)c2N2CCOCC2)C1. The second-order valence-electron chi connectivity index (χ2n) is 7.07. The Kier molecular flexibility index (Phi) is 6.06. The molecule has 2 saturated heterocycles. The highest BCUT2D eigenvalue weighted by molar-refractivity contribution is 6.31. The lowest BCUT2D eigenvalue weighted by atomic mass is 9.91. The normalized spacial score (nSPS) is 23.2. The van der Waals surface area contributed by atoms with Crippen molar-refractivity contribution in [1.29, 1.82) is 0 Å². The predicted octanol–water partition coefficient (Wildman–Crippen LogP) is 2.89. The van der Waals surface area contributed by atoms with Crippen LogP contribution < -0.4 is 10.2 Å². The Balaban J connectivity index is 1.81. The van der Waals surface area contributed by atoms with Crippen LogP contribution in [0.5, 0.6) is 0 Å². The summed E-state index contributed by atoms with van der Waals surface area (Å²) >= 11 is 5.94. The van der Waals surface area contributed by atoms with E-state index in [0.29, 0.717) is 45.0 Å². The van der Waals surface area contributed by atoms with Gasteiger partial charge in [-0.25, -0.2) is 9.18 Å². The molecule has 0 radical (unpaired) electrons. The predicted molar refractivity (Wildman–Crippen MR) is 99.9 cm³/mol. The van der Waals surface area contributed by atoms with Gasteiger partial charge in [0.1, 0.15) is 0 Å². The number of carboxylic acid groups (broad SMARTS) is 1. The monoisotopic (exact) mass is 399 g/mol. The van der Waals surface area contributed by atoms with E-state index in [9.17, 15) is 19.1 Å². The summed E-state index contributed by atoms with van der Waals surface area (Å²) in [4.78, 5) is 27.3. The molecule has 3 rings (SSSR count). The number of morpholine rings is 1. The first kappa shape index (κ1) is 19.7. The Bertz CT molecular complexity index is 727. The molecule has 2 amide bonds. The van der Waals surface area contributed by atoms with E-state index < -0.39 is 23.7 Å². The summed E-state index contributed by atoms with van der Waals surface area (Å²) in [6.07, 6.45) is 0.535. The first-order valence-corrected chi connectivity index (χ1v) is 9.34. The number of anilines is 2. The molecule has 2 N–H and O–H groups in total. The standard InChI is InChI=1S/C18H23ClFN3O4/c1-11-8-12(17(24)25)10-23(9-11)18(26)21-14-3-2-13(19)15(20)16(14)22-4-6-27-7-5-22/h2-3,11-12H,4-10H2,1H3,(H,21,26)(H,24,25). The van der Waals surface area contributed by atoms with Crippen LogP contribution in [0.2, 0.25) is 5.02 Å². The zero-order chi connectivity index (χ0) is 19.6. The van der Waals surface area contributed by atoms with E-state index in [4.69, 9.17) is 16.3 Å². The number of benzene rings is 1. The molecular weight excluding hydrogens is 377 g/mol. The number of nitrogens with zero attached hydrogens (tertiary/aromatic N) is 2. The highest BCUT2D eigenvalue weighted by Gasteiger charge is 2.32. The summed E-state index contributed by atoms with van der Waals surface area (Å²) in [5, 5.41) is 12.0. The number of urea groups is 1. The number of carboxylic acids is 1. The molecule has 1 aromatic carbocycles. The van der Waals surface area contributed by atoms with Crippen molar-refractivity contribution >= 4 is 35.0 Å². The largest absolute Gasteiger partial charge is 0.481 e. The summed E-state index contributed by atoms with van der Waals surface area (Å²) < 4.78 is 20.0. The molecule has 2 aliphatic rings. The molecule has 0 bridgehead atoms. The Hall–Kier alpha value is -2.06. The third kappa shape index (κ3) is 4.44. The fourth-order valence-electron chi connectivity index (χ4n) is 3.63. The van der Waals surface area contributed by atoms with Gasteiger partial charge in [-0.05, 0) is 24.5 Å². The second kappa shape index (κ2) is 8.31. The van der Waals surface area contributed by atoms with E-state index in [1.807, 2.05) is 6.92 Å². The molecule has 0 saturated carbocycles. The first-order chi connectivity index (χ1) is 12.9. The minimum Gasteiger partial charge on any atom is -0.481 e. The lowest BCUT2D eigenvalue weighted by molar-refractivity contribution is -0.143. The molecule has 2 heterocycles. The molecule has 2 unspecified atom stereocenters. The van der Waals surface area contributed by atoms with Gasteiger partial charge in [-0.1, -0.05) is 18.5 Å². The zero-order valence-electron chi connectivity index (χ0n) is 15.1. The third-order valence-electron chi connectivity index (χ3n) is 4.93. The smallest absolute Gasteiger partial charge is 0.321 e. The second-order valence-corrected chi connectivity index (χ2v) is 7.48. The number of rotatable bonds is 3. The van der Waals surface area contributed by atoms with Crippen LogP contribution in [0.4, 0.5) is 20.6 Å². The number of hydrogen-bond acceptors (Lipinski definition) is 4. The summed E-state index contributed by atoms with van der Waals surface area (Å²) in [6.45, 7) is 4.40. The van der Waals surface area contributed by atoms with Gasteiger partial charge in [0.05, 0.1) is 35.5 Å². The van der Waals surface area contributed by atoms with Gasteiger partial charge in [-0.2, -0.15) is 0 Å². The first-order valence-electron chi connectivity index (χ1n) is 8.96. The number of halogens is 2. The summed E-state index contributed by atoms with van der Waals surface area (Å²) in [5.41, 5.74) is 0.549. The van der Waals surface area contributed by atoms with Crippen molar-refractivity contribution in [3.05, 3.63) is 23.0 Å².